The lowest BCUT2D eigenvalue weighted by molar-refractivity contribution is 0.195. The summed E-state index contributed by atoms with van der Waals surface area (Å²) < 4.78 is 2.18. The number of hydrogen-bond donors (Lipinski definition) is 1. The van der Waals surface area contributed by atoms with Gasteiger partial charge in [-0.25, -0.2) is 4.98 Å². The monoisotopic (exact) mass is 271 g/mol. The highest BCUT2D eigenvalue weighted by atomic mass is 79.9. The van der Waals surface area contributed by atoms with E-state index in [2.05, 4.69) is 20.9 Å². The minimum absolute atomic E-state index is 0.325. The maximum Gasteiger partial charge on any atom is 0.0964 e. The van der Waals surface area contributed by atoms with Crippen molar-refractivity contribution in [2.75, 3.05) is 0 Å². The summed E-state index contributed by atoms with van der Waals surface area (Å²) in [4.78, 5) is 4.46. The third-order valence-electron chi connectivity index (χ3n) is 1.88. The summed E-state index contributed by atoms with van der Waals surface area (Å²) in [6, 6.07) is 6.02. The van der Waals surface area contributed by atoms with Crippen molar-refractivity contribution in [2.45, 2.75) is 19.4 Å². The van der Waals surface area contributed by atoms with E-state index in [9.17, 15) is 5.11 Å². The van der Waals surface area contributed by atoms with Crippen molar-refractivity contribution in [3.63, 3.8) is 0 Å². The fraction of sp³-hybridized carbons (Fsp3) is 0.300. The highest BCUT2D eigenvalue weighted by molar-refractivity contribution is 9.10. The molecule has 0 spiro atoms. The summed E-state index contributed by atoms with van der Waals surface area (Å²) in [5.41, 5.74) is 0.994. The van der Waals surface area contributed by atoms with E-state index in [0.29, 0.717) is 6.42 Å². The maximum absolute atomic E-state index is 9.26. The molecule has 0 aliphatic carbocycles. The van der Waals surface area contributed by atoms with Gasteiger partial charge in [-0.1, -0.05) is 6.07 Å². The second kappa shape index (κ2) is 3.96. The molecule has 0 saturated heterocycles. The van der Waals surface area contributed by atoms with Gasteiger partial charge in [0.05, 0.1) is 21.3 Å². The molecule has 0 amide bonds. The molecule has 1 aromatic carbocycles. The molecule has 74 valence electrons. The first-order valence-corrected chi connectivity index (χ1v) is 6.00. The van der Waals surface area contributed by atoms with Crippen LogP contribution >= 0.6 is 27.3 Å². The zero-order chi connectivity index (χ0) is 10.1. The molecule has 4 heteroatoms. The molecule has 1 unspecified atom stereocenters. The van der Waals surface area contributed by atoms with Crippen molar-refractivity contribution >= 4 is 37.5 Å². The van der Waals surface area contributed by atoms with Crippen LogP contribution in [0.4, 0.5) is 0 Å². The fourth-order valence-corrected chi connectivity index (χ4v) is 3.00. The summed E-state index contributed by atoms with van der Waals surface area (Å²) in [5.74, 6) is 0. The van der Waals surface area contributed by atoms with Gasteiger partial charge in [0.25, 0.3) is 0 Å². The Hall–Kier alpha value is -0.450. The highest BCUT2D eigenvalue weighted by Gasteiger charge is 2.08. The first-order valence-electron chi connectivity index (χ1n) is 4.39. The molecule has 1 N–H and O–H groups in total. The van der Waals surface area contributed by atoms with Crippen LogP contribution in [0.5, 0.6) is 0 Å². The molecule has 2 rings (SSSR count). The summed E-state index contributed by atoms with van der Waals surface area (Å²) in [5, 5.41) is 10.2. The number of rotatable bonds is 2. The van der Waals surface area contributed by atoms with E-state index in [0.717, 1.165) is 19.7 Å². The fourth-order valence-electron chi connectivity index (χ4n) is 1.30. The second-order valence-electron chi connectivity index (χ2n) is 3.25. The predicted molar refractivity (Wildman–Crippen MR) is 62.7 cm³/mol. The minimum atomic E-state index is -0.325. The zero-order valence-electron chi connectivity index (χ0n) is 7.70. The second-order valence-corrected chi connectivity index (χ2v) is 5.22. The van der Waals surface area contributed by atoms with Gasteiger partial charge in [-0.3, -0.25) is 0 Å². The van der Waals surface area contributed by atoms with Gasteiger partial charge in [-0.05, 0) is 35.0 Å². The number of benzene rings is 1. The van der Waals surface area contributed by atoms with Crippen molar-refractivity contribution in [3.05, 3.63) is 27.7 Å². The van der Waals surface area contributed by atoms with Gasteiger partial charge in [-0.15, -0.1) is 11.3 Å². The van der Waals surface area contributed by atoms with Crippen LogP contribution in [-0.2, 0) is 6.42 Å². The number of aliphatic hydroxyl groups excluding tert-OH is 1. The van der Waals surface area contributed by atoms with Crippen molar-refractivity contribution < 1.29 is 5.11 Å². The smallest absolute Gasteiger partial charge is 0.0964 e. The maximum atomic E-state index is 9.26. The zero-order valence-corrected chi connectivity index (χ0v) is 10.1. The Bertz CT molecular complexity index is 452. The number of fused-ring (bicyclic) bond motifs is 1. The molecule has 14 heavy (non-hydrogen) atoms. The van der Waals surface area contributed by atoms with Crippen molar-refractivity contribution in [1.82, 2.24) is 4.98 Å². The first-order chi connectivity index (χ1) is 6.66. The molecule has 0 radical (unpaired) electrons. The topological polar surface area (TPSA) is 33.1 Å². The summed E-state index contributed by atoms with van der Waals surface area (Å²) in [7, 11) is 0. The lowest BCUT2D eigenvalue weighted by atomic mass is 10.3. The SMILES string of the molecule is CC(O)Cc1nc2c(Br)cccc2s1. The van der Waals surface area contributed by atoms with E-state index in [1.165, 1.54) is 0 Å². The van der Waals surface area contributed by atoms with Crippen LogP contribution in [-0.4, -0.2) is 16.2 Å². The van der Waals surface area contributed by atoms with Crippen LogP contribution in [0, 0.1) is 0 Å². The van der Waals surface area contributed by atoms with Crippen LogP contribution < -0.4 is 0 Å². The normalized spacial score (nSPS) is 13.4. The average Bonchev–Trinajstić information content (AvgIpc) is 2.47. The van der Waals surface area contributed by atoms with Crippen LogP contribution in [0.15, 0.2) is 22.7 Å². The molecule has 2 nitrogen and oxygen atoms in total. The molecule has 2 aromatic rings. The molecular formula is C10H10BrNOS. The number of nitrogens with zero attached hydrogens (tertiary/aromatic N) is 1. The lowest BCUT2D eigenvalue weighted by Gasteiger charge is -1.97. The number of halogens is 1. The van der Waals surface area contributed by atoms with E-state index in [-0.39, 0.29) is 6.10 Å². The van der Waals surface area contributed by atoms with Crippen LogP contribution in [0.1, 0.15) is 11.9 Å². The minimum Gasteiger partial charge on any atom is -0.393 e. The number of para-hydroxylation sites is 1. The lowest BCUT2D eigenvalue weighted by Crippen LogP contribution is -2.03. The number of aliphatic hydroxyl groups is 1. The Labute approximate surface area is 94.7 Å². The Morgan fingerprint density at radius 3 is 3.00 bits per heavy atom. The summed E-state index contributed by atoms with van der Waals surface area (Å²) in [6.45, 7) is 1.78. The van der Waals surface area contributed by atoms with Gasteiger partial charge in [0.1, 0.15) is 0 Å². The molecule has 0 aliphatic rings. The van der Waals surface area contributed by atoms with E-state index in [4.69, 9.17) is 0 Å². The van der Waals surface area contributed by atoms with Crippen molar-refractivity contribution in [1.29, 1.82) is 0 Å². The number of hydrogen-bond acceptors (Lipinski definition) is 3. The third kappa shape index (κ3) is 1.97. The highest BCUT2D eigenvalue weighted by Crippen LogP contribution is 2.28. The quantitative estimate of drug-likeness (QED) is 0.911. The molecule has 0 aliphatic heterocycles. The Balaban J connectivity index is 2.46. The largest absolute Gasteiger partial charge is 0.393 e. The van der Waals surface area contributed by atoms with Gasteiger partial charge in [-0.2, -0.15) is 0 Å². The van der Waals surface area contributed by atoms with Crippen molar-refractivity contribution in [3.8, 4) is 0 Å². The summed E-state index contributed by atoms with van der Waals surface area (Å²) in [6.07, 6.45) is 0.306. The van der Waals surface area contributed by atoms with Gasteiger partial charge in [0, 0.05) is 10.9 Å². The van der Waals surface area contributed by atoms with Gasteiger partial charge in [0.15, 0.2) is 0 Å². The summed E-state index contributed by atoms with van der Waals surface area (Å²) >= 11 is 5.10. The van der Waals surface area contributed by atoms with Crippen molar-refractivity contribution in [2.24, 2.45) is 0 Å². The van der Waals surface area contributed by atoms with Crippen LogP contribution in [0.2, 0.25) is 0 Å². The molecule has 1 atom stereocenters. The van der Waals surface area contributed by atoms with E-state index < -0.39 is 0 Å². The first kappa shape index (κ1) is 10.1. The van der Waals surface area contributed by atoms with E-state index in [1.807, 2.05) is 18.2 Å². The molecule has 0 fully saturated rings. The van der Waals surface area contributed by atoms with Gasteiger partial charge >= 0.3 is 0 Å². The van der Waals surface area contributed by atoms with Crippen LogP contribution in [0.25, 0.3) is 10.2 Å². The third-order valence-corrected chi connectivity index (χ3v) is 3.57. The molecule has 1 aromatic heterocycles. The Morgan fingerprint density at radius 1 is 1.57 bits per heavy atom. The van der Waals surface area contributed by atoms with E-state index in [1.54, 1.807) is 18.3 Å². The standard InChI is InChI=1S/C10H10BrNOS/c1-6(13)5-9-12-10-7(11)3-2-4-8(10)14-9/h2-4,6,13H,5H2,1H3. The van der Waals surface area contributed by atoms with Gasteiger partial charge in [0.2, 0.25) is 0 Å². The Kier molecular flexibility index (Phi) is 2.85. The molecule has 0 saturated carbocycles. The van der Waals surface area contributed by atoms with Gasteiger partial charge < -0.3 is 5.11 Å². The molecular weight excluding hydrogens is 262 g/mol. The number of aromatic nitrogens is 1. The van der Waals surface area contributed by atoms with E-state index >= 15 is 0 Å². The Morgan fingerprint density at radius 2 is 2.36 bits per heavy atom. The molecule has 0 bridgehead atoms. The molecule has 1 heterocycles. The predicted octanol–water partition coefficient (Wildman–Crippen LogP) is 2.98. The average molecular weight is 272 g/mol. The number of thiazole rings is 1. The van der Waals surface area contributed by atoms with Crippen LogP contribution in [0.3, 0.4) is 0 Å².